The van der Waals surface area contributed by atoms with Crippen LogP contribution < -0.4 is 10.2 Å². The summed E-state index contributed by atoms with van der Waals surface area (Å²) in [6, 6.07) is 9.60. The first-order valence-corrected chi connectivity index (χ1v) is 15.7. The Kier molecular flexibility index (Phi) is 11.7. The SMILES string of the molecule is CCCC(F)OC(=O)CCC(CNC(=O)c1c(C)c(N2CCCC(OC)C2)nc2ccc(Br)cc12)c1cc(F)ccc1Cl. The number of alkyl halides is 1. The minimum atomic E-state index is -1.68. The van der Waals surface area contributed by atoms with Gasteiger partial charge in [0.1, 0.15) is 11.6 Å². The number of esters is 1. The summed E-state index contributed by atoms with van der Waals surface area (Å²) in [6.45, 7) is 5.20. The fourth-order valence-corrected chi connectivity index (χ4v) is 6.15. The predicted molar refractivity (Wildman–Crippen MR) is 168 cm³/mol. The molecule has 4 rings (SSSR count). The second-order valence-corrected chi connectivity index (χ2v) is 12.2. The van der Waals surface area contributed by atoms with E-state index >= 15 is 0 Å². The predicted octanol–water partition coefficient (Wildman–Crippen LogP) is 7.65. The van der Waals surface area contributed by atoms with Crippen LogP contribution in [0.2, 0.25) is 5.02 Å². The van der Waals surface area contributed by atoms with Crippen LogP contribution in [0.1, 0.15) is 72.9 Å². The largest absolute Gasteiger partial charge is 0.431 e. The van der Waals surface area contributed by atoms with Crippen molar-refractivity contribution in [1.82, 2.24) is 10.3 Å². The standard InChI is InChI=1S/C32H37BrClF2N3O4/c1-4-6-28(36)43-29(40)13-8-20(24-16-22(35)10-11-26(24)34)17-37-32(41)30-19(2)31(39-14-5-7-23(18-39)42-3)38-27-12-9-21(33)15-25(27)30/h9-12,15-16,20,23,28H,4-8,13-14,17-18H2,1-3H3,(H,37,41). The average molecular weight is 681 g/mol. The number of fused-ring (bicyclic) bond motifs is 1. The Balaban J connectivity index is 1.62. The van der Waals surface area contributed by atoms with Crippen molar-refractivity contribution >= 4 is 56.1 Å². The lowest BCUT2D eigenvalue weighted by atomic mass is 9.93. The zero-order valence-corrected chi connectivity index (χ0v) is 26.9. The molecule has 1 amide bonds. The van der Waals surface area contributed by atoms with Gasteiger partial charge in [-0.3, -0.25) is 9.59 Å². The molecule has 232 valence electrons. The molecule has 1 saturated heterocycles. The van der Waals surface area contributed by atoms with E-state index in [2.05, 4.69) is 26.1 Å². The fraction of sp³-hybridized carbons (Fsp3) is 0.469. The first kappa shape index (κ1) is 33.1. The van der Waals surface area contributed by atoms with Crippen molar-refractivity contribution in [3.05, 3.63) is 68.4 Å². The molecule has 0 spiro atoms. The highest BCUT2D eigenvalue weighted by molar-refractivity contribution is 9.10. The van der Waals surface area contributed by atoms with E-state index < -0.39 is 24.1 Å². The minimum absolute atomic E-state index is 0.0609. The number of rotatable bonds is 12. The molecule has 3 aromatic rings. The Morgan fingerprint density at radius 1 is 1.23 bits per heavy atom. The molecule has 3 unspecified atom stereocenters. The van der Waals surface area contributed by atoms with Gasteiger partial charge in [0.25, 0.3) is 5.91 Å². The van der Waals surface area contributed by atoms with Crippen LogP contribution in [0, 0.1) is 12.7 Å². The second kappa shape index (κ2) is 15.3. The second-order valence-electron chi connectivity index (χ2n) is 10.8. The Labute approximate surface area is 264 Å². The van der Waals surface area contributed by atoms with E-state index in [0.717, 1.165) is 35.2 Å². The van der Waals surface area contributed by atoms with Crippen LogP contribution in [0.5, 0.6) is 0 Å². The number of carbonyl (C=O) groups is 2. The Morgan fingerprint density at radius 3 is 2.77 bits per heavy atom. The molecule has 43 heavy (non-hydrogen) atoms. The monoisotopic (exact) mass is 679 g/mol. The van der Waals surface area contributed by atoms with Gasteiger partial charge >= 0.3 is 5.97 Å². The third kappa shape index (κ3) is 8.42. The summed E-state index contributed by atoms with van der Waals surface area (Å²) >= 11 is 9.94. The molecule has 1 aromatic heterocycles. The number of nitrogens with one attached hydrogen (secondary N) is 1. The van der Waals surface area contributed by atoms with Gasteiger partial charge in [-0.15, -0.1) is 0 Å². The van der Waals surface area contributed by atoms with Crippen molar-refractivity contribution in [2.24, 2.45) is 0 Å². The molecular weight excluding hydrogens is 644 g/mol. The number of nitrogens with zero attached hydrogens (tertiary/aromatic N) is 2. The van der Waals surface area contributed by atoms with E-state index in [1.165, 1.54) is 18.2 Å². The highest BCUT2D eigenvalue weighted by Crippen LogP contribution is 2.33. The number of amides is 1. The zero-order valence-electron chi connectivity index (χ0n) is 24.6. The maximum atomic E-state index is 14.3. The van der Waals surface area contributed by atoms with Crippen LogP contribution in [0.3, 0.4) is 0 Å². The van der Waals surface area contributed by atoms with Crippen molar-refractivity contribution in [3.63, 3.8) is 0 Å². The normalized spacial score (nSPS) is 16.6. The first-order valence-electron chi connectivity index (χ1n) is 14.6. The molecule has 1 fully saturated rings. The number of halogens is 4. The quantitative estimate of drug-likeness (QED) is 0.198. The number of benzene rings is 2. The molecule has 1 aliphatic heterocycles. The minimum Gasteiger partial charge on any atom is -0.431 e. The van der Waals surface area contributed by atoms with E-state index in [1.807, 2.05) is 25.1 Å². The lowest BCUT2D eigenvalue weighted by molar-refractivity contribution is -0.158. The van der Waals surface area contributed by atoms with Crippen LogP contribution >= 0.6 is 27.5 Å². The number of hydrogen-bond acceptors (Lipinski definition) is 6. The number of pyridine rings is 1. The lowest BCUT2D eigenvalue weighted by Gasteiger charge is -2.34. The van der Waals surface area contributed by atoms with Gasteiger partial charge in [0.2, 0.25) is 6.36 Å². The summed E-state index contributed by atoms with van der Waals surface area (Å²) in [5.74, 6) is -1.34. The summed E-state index contributed by atoms with van der Waals surface area (Å²) in [5, 5.41) is 3.99. The van der Waals surface area contributed by atoms with Crippen LogP contribution in [0.4, 0.5) is 14.6 Å². The molecule has 1 N–H and O–H groups in total. The molecule has 11 heteroatoms. The Bertz CT molecular complexity index is 1460. The third-order valence-electron chi connectivity index (χ3n) is 7.78. The summed E-state index contributed by atoms with van der Waals surface area (Å²) in [4.78, 5) is 33.4. The summed E-state index contributed by atoms with van der Waals surface area (Å²) < 4.78 is 39.4. The van der Waals surface area contributed by atoms with Gasteiger partial charge in [-0.25, -0.2) is 13.8 Å². The molecule has 7 nitrogen and oxygen atoms in total. The molecule has 1 aliphatic rings. The number of piperidine rings is 1. The number of aromatic nitrogens is 1. The average Bonchev–Trinajstić information content (AvgIpc) is 2.98. The molecule has 0 aliphatic carbocycles. The highest BCUT2D eigenvalue weighted by atomic mass is 79.9. The number of carbonyl (C=O) groups excluding carboxylic acids is 2. The smallest absolute Gasteiger partial charge is 0.308 e. The van der Waals surface area contributed by atoms with Crippen molar-refractivity contribution in [2.75, 3.05) is 31.6 Å². The van der Waals surface area contributed by atoms with Crippen LogP contribution in [0.25, 0.3) is 10.9 Å². The lowest BCUT2D eigenvalue weighted by Crippen LogP contribution is -2.40. The van der Waals surface area contributed by atoms with Gasteiger partial charge in [0, 0.05) is 65.9 Å². The number of ether oxygens (including phenoxy) is 2. The van der Waals surface area contributed by atoms with E-state index in [4.69, 9.17) is 26.1 Å². The molecule has 3 atom stereocenters. The van der Waals surface area contributed by atoms with E-state index in [-0.39, 0.29) is 37.8 Å². The zero-order chi connectivity index (χ0) is 31.1. The van der Waals surface area contributed by atoms with Crippen molar-refractivity contribution < 1.29 is 27.8 Å². The van der Waals surface area contributed by atoms with Gasteiger partial charge in [0.15, 0.2) is 0 Å². The Hall–Kier alpha value is -2.82. The molecule has 2 heterocycles. The van der Waals surface area contributed by atoms with Crippen LogP contribution in [-0.4, -0.2) is 56.1 Å². The molecule has 0 bridgehead atoms. The van der Waals surface area contributed by atoms with Crippen molar-refractivity contribution in [3.8, 4) is 0 Å². The molecule has 2 aromatic carbocycles. The number of anilines is 1. The topological polar surface area (TPSA) is 80.8 Å². The van der Waals surface area contributed by atoms with E-state index in [1.54, 1.807) is 14.0 Å². The van der Waals surface area contributed by atoms with E-state index in [0.29, 0.717) is 40.0 Å². The third-order valence-corrected chi connectivity index (χ3v) is 8.62. The molecule has 0 saturated carbocycles. The van der Waals surface area contributed by atoms with Gasteiger partial charge < -0.3 is 19.7 Å². The molecular formula is C32H37BrClF2N3O4. The summed E-state index contributed by atoms with van der Waals surface area (Å²) in [6.07, 6.45) is 0.995. The van der Waals surface area contributed by atoms with E-state index in [9.17, 15) is 18.4 Å². The van der Waals surface area contributed by atoms with Gasteiger partial charge in [-0.2, -0.15) is 0 Å². The number of hydrogen-bond donors (Lipinski definition) is 1. The van der Waals surface area contributed by atoms with Crippen LogP contribution in [-0.2, 0) is 14.3 Å². The summed E-state index contributed by atoms with van der Waals surface area (Å²) in [7, 11) is 1.70. The van der Waals surface area contributed by atoms with Crippen molar-refractivity contribution in [2.45, 2.75) is 70.8 Å². The maximum absolute atomic E-state index is 14.3. The van der Waals surface area contributed by atoms with Gasteiger partial charge in [-0.1, -0.05) is 34.5 Å². The van der Waals surface area contributed by atoms with Crippen molar-refractivity contribution in [1.29, 1.82) is 0 Å². The molecule has 0 radical (unpaired) electrons. The summed E-state index contributed by atoms with van der Waals surface area (Å²) in [5.41, 5.74) is 2.32. The maximum Gasteiger partial charge on any atom is 0.308 e. The van der Waals surface area contributed by atoms with Crippen LogP contribution in [0.15, 0.2) is 40.9 Å². The highest BCUT2D eigenvalue weighted by Gasteiger charge is 2.27. The van der Waals surface area contributed by atoms with Gasteiger partial charge in [-0.05, 0) is 74.6 Å². The first-order chi connectivity index (χ1) is 20.6. The van der Waals surface area contributed by atoms with Gasteiger partial charge in [0.05, 0.1) is 17.2 Å². The fourth-order valence-electron chi connectivity index (χ4n) is 5.52. The Morgan fingerprint density at radius 2 is 2.02 bits per heavy atom. The number of methoxy groups -OCH3 is 1.